The minimum atomic E-state index is -0.0801. The monoisotopic (exact) mass is 377 g/mol. The lowest BCUT2D eigenvalue weighted by atomic mass is 9.97. The quantitative estimate of drug-likeness (QED) is 0.248. The molecule has 0 N–H and O–H groups in total. The summed E-state index contributed by atoms with van der Waals surface area (Å²) in [6.45, 7) is 13.1. The van der Waals surface area contributed by atoms with Gasteiger partial charge in [-0.3, -0.25) is 4.99 Å². The largest absolute Gasteiger partial charge is 0.359 e. The van der Waals surface area contributed by atoms with E-state index < -0.39 is 0 Å². The lowest BCUT2D eigenvalue weighted by Crippen LogP contribution is -2.41. The molecule has 0 aromatic carbocycles. The third kappa shape index (κ3) is 7.92. The second-order valence-electron chi connectivity index (χ2n) is 8.14. The summed E-state index contributed by atoms with van der Waals surface area (Å²) in [7, 11) is 4.22. The molecule has 3 nitrogen and oxygen atoms in total. The van der Waals surface area contributed by atoms with Crippen LogP contribution >= 0.6 is 11.6 Å². The molecule has 0 aliphatic carbocycles. The molecule has 1 aliphatic heterocycles. The highest BCUT2D eigenvalue weighted by atomic mass is 35.5. The van der Waals surface area contributed by atoms with Crippen LogP contribution in [0.25, 0.3) is 0 Å². The van der Waals surface area contributed by atoms with Crippen molar-refractivity contribution < 1.29 is 0 Å². The molecule has 0 unspecified atom stereocenters. The molecule has 0 saturated heterocycles. The molecular weight excluding hydrogens is 342 g/mol. The van der Waals surface area contributed by atoms with E-state index in [1.807, 2.05) is 6.21 Å². The van der Waals surface area contributed by atoms with E-state index in [-0.39, 0.29) is 5.54 Å². The zero-order chi connectivity index (χ0) is 19.7. The summed E-state index contributed by atoms with van der Waals surface area (Å²) in [5.74, 6) is 0.496. The van der Waals surface area contributed by atoms with Crippen LogP contribution in [0.3, 0.4) is 0 Å². The Morgan fingerprint density at radius 3 is 2.65 bits per heavy atom. The van der Waals surface area contributed by atoms with E-state index >= 15 is 0 Å². The molecule has 0 aromatic heterocycles. The predicted octanol–water partition coefficient (Wildman–Crippen LogP) is 5.27. The third-order valence-corrected chi connectivity index (χ3v) is 4.29. The van der Waals surface area contributed by atoms with Gasteiger partial charge in [0.25, 0.3) is 0 Å². The highest BCUT2D eigenvalue weighted by molar-refractivity contribution is 6.18. The molecule has 0 atom stereocenters. The van der Waals surface area contributed by atoms with Crippen molar-refractivity contribution in [2.45, 2.75) is 46.6 Å². The van der Waals surface area contributed by atoms with Gasteiger partial charge in [-0.1, -0.05) is 43.7 Å². The van der Waals surface area contributed by atoms with Crippen LogP contribution < -0.4 is 0 Å². The van der Waals surface area contributed by atoms with Gasteiger partial charge in [-0.15, -0.1) is 11.6 Å². The first-order valence-electron chi connectivity index (χ1n) is 9.39. The van der Waals surface area contributed by atoms with E-state index in [1.54, 1.807) is 0 Å². The van der Waals surface area contributed by atoms with Crippen molar-refractivity contribution >= 4 is 17.8 Å². The van der Waals surface area contributed by atoms with Crippen LogP contribution in [0.4, 0.5) is 0 Å². The summed E-state index contributed by atoms with van der Waals surface area (Å²) in [5.41, 5.74) is 3.86. The van der Waals surface area contributed by atoms with Crippen LogP contribution in [0, 0.1) is 5.92 Å². The summed E-state index contributed by atoms with van der Waals surface area (Å²) in [6.07, 6.45) is 14.2. The number of aliphatic imine (C=N–C) groups is 1. The SMILES string of the molecule is C/C(=C\C(=C/C(C)C)N1CC=CC(CC=NCCl)=CC1(C)C)CN(C)C. The summed E-state index contributed by atoms with van der Waals surface area (Å²) >= 11 is 5.64. The fraction of sp³-hybridized carbons (Fsp3) is 0.591. The van der Waals surface area contributed by atoms with Gasteiger partial charge in [0.15, 0.2) is 0 Å². The van der Waals surface area contributed by atoms with Gasteiger partial charge < -0.3 is 9.80 Å². The highest BCUT2D eigenvalue weighted by Crippen LogP contribution is 2.28. The lowest BCUT2D eigenvalue weighted by Gasteiger charge is -2.39. The normalized spacial score (nSPS) is 18.8. The molecule has 0 fully saturated rings. The van der Waals surface area contributed by atoms with Gasteiger partial charge in [-0.05, 0) is 52.4 Å². The molecule has 0 aromatic rings. The number of rotatable bonds is 8. The molecule has 4 heteroatoms. The minimum Gasteiger partial charge on any atom is -0.359 e. The van der Waals surface area contributed by atoms with Crippen LogP contribution in [0.2, 0.25) is 0 Å². The van der Waals surface area contributed by atoms with Gasteiger partial charge in [0, 0.05) is 31.4 Å². The molecule has 0 spiro atoms. The topological polar surface area (TPSA) is 18.8 Å². The Bertz CT molecular complexity index is 593. The Balaban J connectivity index is 3.18. The van der Waals surface area contributed by atoms with E-state index in [0.29, 0.717) is 11.9 Å². The Labute approximate surface area is 165 Å². The molecule has 146 valence electrons. The maximum absolute atomic E-state index is 5.64. The summed E-state index contributed by atoms with van der Waals surface area (Å²) in [6, 6.07) is 0.323. The van der Waals surface area contributed by atoms with Gasteiger partial charge in [0.1, 0.15) is 6.00 Å². The Morgan fingerprint density at radius 1 is 1.38 bits per heavy atom. The van der Waals surface area contributed by atoms with Crippen molar-refractivity contribution in [1.82, 2.24) is 9.80 Å². The third-order valence-electron chi connectivity index (χ3n) is 4.15. The second-order valence-corrected chi connectivity index (χ2v) is 8.38. The number of halogens is 1. The number of hydrogen-bond donors (Lipinski definition) is 0. The number of alkyl halides is 1. The highest BCUT2D eigenvalue weighted by Gasteiger charge is 2.26. The summed E-state index contributed by atoms with van der Waals surface area (Å²) in [4.78, 5) is 8.82. The fourth-order valence-corrected chi connectivity index (χ4v) is 3.36. The first-order valence-corrected chi connectivity index (χ1v) is 9.93. The van der Waals surface area contributed by atoms with Crippen LogP contribution in [0.15, 0.2) is 52.2 Å². The zero-order valence-corrected chi connectivity index (χ0v) is 18.3. The van der Waals surface area contributed by atoms with Crippen molar-refractivity contribution in [2.75, 3.05) is 33.2 Å². The molecule has 0 saturated carbocycles. The molecule has 1 aliphatic rings. The number of nitrogens with zero attached hydrogens (tertiary/aromatic N) is 3. The maximum atomic E-state index is 5.64. The number of likely N-dealkylation sites (N-methyl/N-ethyl adjacent to an activating group) is 1. The lowest BCUT2D eigenvalue weighted by molar-refractivity contribution is 0.242. The first kappa shape index (κ1) is 22.7. The van der Waals surface area contributed by atoms with E-state index in [4.69, 9.17) is 11.6 Å². The molecular formula is C22H36ClN3. The van der Waals surface area contributed by atoms with Crippen LogP contribution in [-0.4, -0.2) is 54.7 Å². The van der Waals surface area contributed by atoms with E-state index in [0.717, 1.165) is 19.5 Å². The molecule has 0 radical (unpaired) electrons. The number of allylic oxidation sites excluding steroid dienone is 4. The van der Waals surface area contributed by atoms with Gasteiger partial charge >= 0.3 is 0 Å². The molecule has 0 amide bonds. The van der Waals surface area contributed by atoms with Crippen molar-refractivity contribution in [2.24, 2.45) is 10.9 Å². The predicted molar refractivity (Wildman–Crippen MR) is 117 cm³/mol. The second kappa shape index (κ2) is 10.7. The Kier molecular flexibility index (Phi) is 9.38. The average molecular weight is 378 g/mol. The number of hydrogen-bond acceptors (Lipinski definition) is 3. The van der Waals surface area contributed by atoms with Crippen molar-refractivity contribution in [3.8, 4) is 0 Å². The minimum absolute atomic E-state index is 0.0801. The zero-order valence-electron chi connectivity index (χ0n) is 17.6. The van der Waals surface area contributed by atoms with Crippen LogP contribution in [-0.2, 0) is 0 Å². The fourth-order valence-electron chi connectivity index (χ4n) is 3.26. The Morgan fingerprint density at radius 2 is 2.08 bits per heavy atom. The Hall–Kier alpha value is -1.32. The van der Waals surface area contributed by atoms with Crippen molar-refractivity contribution in [1.29, 1.82) is 0 Å². The first-order chi connectivity index (χ1) is 12.2. The van der Waals surface area contributed by atoms with E-state index in [2.05, 4.69) is 93.9 Å². The molecule has 26 heavy (non-hydrogen) atoms. The van der Waals surface area contributed by atoms with Gasteiger partial charge in [0.05, 0.1) is 5.54 Å². The van der Waals surface area contributed by atoms with E-state index in [9.17, 15) is 0 Å². The smallest absolute Gasteiger partial charge is 0.112 e. The molecule has 1 rings (SSSR count). The molecule has 1 heterocycles. The summed E-state index contributed by atoms with van der Waals surface area (Å²) < 4.78 is 0. The van der Waals surface area contributed by atoms with Crippen LogP contribution in [0.1, 0.15) is 41.0 Å². The van der Waals surface area contributed by atoms with Gasteiger partial charge in [-0.2, -0.15) is 0 Å². The summed E-state index contributed by atoms with van der Waals surface area (Å²) in [5, 5.41) is 0. The van der Waals surface area contributed by atoms with Crippen molar-refractivity contribution in [3.63, 3.8) is 0 Å². The standard InChI is InChI=1S/C22H36ClN3/c1-18(2)13-21(14-19(3)16-25(6)7)26-12-8-9-20(10-11-24-17-23)15-22(26,4)5/h8-9,11,13-15,18H,10,12,16-17H2,1-7H3/b19-14+,21-13+,24-11?. The average Bonchev–Trinajstić information content (AvgIpc) is 2.63. The van der Waals surface area contributed by atoms with E-state index in [1.165, 1.54) is 16.8 Å². The maximum Gasteiger partial charge on any atom is 0.112 e. The van der Waals surface area contributed by atoms with Crippen molar-refractivity contribution in [3.05, 3.63) is 47.2 Å². The van der Waals surface area contributed by atoms with Gasteiger partial charge in [-0.25, -0.2) is 0 Å². The molecule has 0 bridgehead atoms. The van der Waals surface area contributed by atoms with Gasteiger partial charge in [0.2, 0.25) is 0 Å². The van der Waals surface area contributed by atoms with Crippen LogP contribution in [0.5, 0.6) is 0 Å².